The largest absolute Gasteiger partial charge is 0.314 e. The van der Waals surface area contributed by atoms with Gasteiger partial charge in [-0.2, -0.15) is 0 Å². The summed E-state index contributed by atoms with van der Waals surface area (Å²) >= 11 is 3.40. The minimum atomic E-state index is -0.147. The van der Waals surface area contributed by atoms with Gasteiger partial charge in [0.1, 0.15) is 5.82 Å². The van der Waals surface area contributed by atoms with Gasteiger partial charge in [-0.05, 0) is 71.1 Å². The van der Waals surface area contributed by atoms with E-state index in [1.54, 1.807) is 0 Å². The SMILES string of the molecule is CCNC(Cc1cccc(F)c1Br)C1C2CCCCC21. The predicted octanol–water partition coefficient (Wildman–Crippen LogP) is 4.55. The summed E-state index contributed by atoms with van der Waals surface area (Å²) in [5, 5.41) is 3.65. The molecule has 2 aliphatic rings. The predicted molar refractivity (Wildman–Crippen MR) is 84.2 cm³/mol. The first kappa shape index (κ1) is 14.5. The molecule has 0 saturated heterocycles. The maximum Gasteiger partial charge on any atom is 0.137 e. The van der Waals surface area contributed by atoms with Crippen molar-refractivity contribution in [3.8, 4) is 0 Å². The second kappa shape index (κ2) is 6.15. The van der Waals surface area contributed by atoms with E-state index >= 15 is 0 Å². The van der Waals surface area contributed by atoms with Gasteiger partial charge < -0.3 is 5.32 Å². The molecular weight excluding hydrogens is 317 g/mol. The molecule has 0 spiro atoms. The van der Waals surface area contributed by atoms with Crippen LogP contribution in [0, 0.1) is 23.6 Å². The molecule has 3 unspecified atom stereocenters. The summed E-state index contributed by atoms with van der Waals surface area (Å²) in [4.78, 5) is 0. The van der Waals surface area contributed by atoms with Crippen molar-refractivity contribution in [1.29, 1.82) is 0 Å². The Morgan fingerprint density at radius 3 is 2.65 bits per heavy atom. The number of likely N-dealkylation sites (N-methyl/N-ethyl adjacent to an activating group) is 1. The first-order valence-corrected chi connectivity index (χ1v) is 8.68. The smallest absolute Gasteiger partial charge is 0.137 e. The van der Waals surface area contributed by atoms with Gasteiger partial charge in [-0.25, -0.2) is 4.39 Å². The summed E-state index contributed by atoms with van der Waals surface area (Å²) in [6.07, 6.45) is 6.55. The van der Waals surface area contributed by atoms with Crippen molar-refractivity contribution in [2.75, 3.05) is 6.54 Å². The van der Waals surface area contributed by atoms with E-state index in [4.69, 9.17) is 0 Å². The van der Waals surface area contributed by atoms with Crippen LogP contribution in [0.1, 0.15) is 38.2 Å². The van der Waals surface area contributed by atoms with Crippen molar-refractivity contribution in [3.63, 3.8) is 0 Å². The van der Waals surface area contributed by atoms with Crippen LogP contribution in [0.4, 0.5) is 4.39 Å². The van der Waals surface area contributed by atoms with E-state index in [9.17, 15) is 4.39 Å². The van der Waals surface area contributed by atoms with Crippen molar-refractivity contribution in [1.82, 2.24) is 5.32 Å². The second-order valence-electron chi connectivity index (χ2n) is 6.27. The first-order chi connectivity index (χ1) is 9.72. The number of nitrogens with one attached hydrogen (secondary N) is 1. The van der Waals surface area contributed by atoms with Gasteiger partial charge >= 0.3 is 0 Å². The van der Waals surface area contributed by atoms with E-state index in [1.807, 2.05) is 12.1 Å². The molecule has 110 valence electrons. The van der Waals surface area contributed by atoms with Crippen molar-refractivity contribution < 1.29 is 4.39 Å². The lowest BCUT2D eigenvalue weighted by molar-refractivity contribution is 0.436. The number of hydrogen-bond acceptors (Lipinski definition) is 1. The number of hydrogen-bond donors (Lipinski definition) is 1. The Labute approximate surface area is 129 Å². The maximum absolute atomic E-state index is 13.7. The van der Waals surface area contributed by atoms with Crippen LogP contribution in [0.3, 0.4) is 0 Å². The normalized spacial score (nSPS) is 29.9. The topological polar surface area (TPSA) is 12.0 Å². The molecule has 1 N–H and O–H groups in total. The summed E-state index contributed by atoms with van der Waals surface area (Å²) in [5.41, 5.74) is 1.10. The van der Waals surface area contributed by atoms with Crippen molar-refractivity contribution >= 4 is 15.9 Å². The Hall–Kier alpha value is -0.410. The van der Waals surface area contributed by atoms with E-state index in [1.165, 1.54) is 31.7 Å². The fourth-order valence-electron chi connectivity index (χ4n) is 4.19. The summed E-state index contributed by atoms with van der Waals surface area (Å²) in [6, 6.07) is 5.89. The summed E-state index contributed by atoms with van der Waals surface area (Å²) < 4.78 is 14.3. The van der Waals surface area contributed by atoms with Crippen LogP contribution in [0.5, 0.6) is 0 Å². The molecule has 0 bridgehead atoms. The van der Waals surface area contributed by atoms with E-state index in [-0.39, 0.29) is 5.82 Å². The van der Waals surface area contributed by atoms with Crippen LogP contribution < -0.4 is 5.32 Å². The molecule has 1 nitrogen and oxygen atoms in total. The monoisotopic (exact) mass is 339 g/mol. The molecule has 20 heavy (non-hydrogen) atoms. The molecule has 0 amide bonds. The van der Waals surface area contributed by atoms with Gasteiger partial charge in [0.25, 0.3) is 0 Å². The third-order valence-corrected chi connectivity index (χ3v) is 6.01. The van der Waals surface area contributed by atoms with Gasteiger partial charge in [0, 0.05) is 6.04 Å². The minimum Gasteiger partial charge on any atom is -0.314 e. The lowest BCUT2D eigenvalue weighted by atomic mass is 9.99. The van der Waals surface area contributed by atoms with Crippen molar-refractivity contribution in [3.05, 3.63) is 34.1 Å². The van der Waals surface area contributed by atoms with Crippen LogP contribution in [-0.2, 0) is 6.42 Å². The van der Waals surface area contributed by atoms with Gasteiger partial charge in [0.2, 0.25) is 0 Å². The number of rotatable bonds is 5. The lowest BCUT2D eigenvalue weighted by Crippen LogP contribution is -2.34. The van der Waals surface area contributed by atoms with Crippen molar-refractivity contribution in [2.24, 2.45) is 17.8 Å². The molecule has 2 aliphatic carbocycles. The highest BCUT2D eigenvalue weighted by molar-refractivity contribution is 9.10. The van der Waals surface area contributed by atoms with Gasteiger partial charge in [-0.15, -0.1) is 0 Å². The standard InChI is InChI=1S/C17H23BrFN/c1-2-20-15(16-12-7-3-4-8-13(12)16)10-11-6-5-9-14(19)17(11)18/h5-6,9,12-13,15-16,20H,2-4,7-8,10H2,1H3. The van der Waals surface area contributed by atoms with Crippen LogP contribution in [0.2, 0.25) is 0 Å². The van der Waals surface area contributed by atoms with Crippen LogP contribution in [0.25, 0.3) is 0 Å². The van der Waals surface area contributed by atoms with Crippen LogP contribution >= 0.6 is 15.9 Å². The van der Waals surface area contributed by atoms with Crippen molar-refractivity contribution in [2.45, 2.75) is 45.1 Å². The Morgan fingerprint density at radius 1 is 1.30 bits per heavy atom. The van der Waals surface area contributed by atoms with Gasteiger partial charge in [0.15, 0.2) is 0 Å². The van der Waals surface area contributed by atoms with Gasteiger partial charge in [-0.3, -0.25) is 0 Å². The third-order valence-electron chi connectivity index (χ3n) is 5.13. The van der Waals surface area contributed by atoms with E-state index in [0.29, 0.717) is 10.5 Å². The fourth-order valence-corrected chi connectivity index (χ4v) is 4.62. The van der Waals surface area contributed by atoms with Crippen LogP contribution in [-0.4, -0.2) is 12.6 Å². The number of benzene rings is 1. The quantitative estimate of drug-likeness (QED) is 0.829. The van der Waals surface area contributed by atoms with Crippen LogP contribution in [0.15, 0.2) is 22.7 Å². The summed E-state index contributed by atoms with van der Waals surface area (Å²) in [6.45, 7) is 3.16. The molecule has 3 atom stereocenters. The molecule has 0 heterocycles. The Bertz CT molecular complexity index is 464. The zero-order valence-corrected chi connectivity index (χ0v) is 13.6. The molecule has 3 rings (SSSR count). The van der Waals surface area contributed by atoms with E-state index < -0.39 is 0 Å². The molecule has 2 fully saturated rings. The highest BCUT2D eigenvalue weighted by Crippen LogP contribution is 2.57. The summed E-state index contributed by atoms with van der Waals surface area (Å²) in [5.74, 6) is 2.53. The molecule has 0 aromatic heterocycles. The zero-order valence-electron chi connectivity index (χ0n) is 12.0. The minimum absolute atomic E-state index is 0.147. The van der Waals surface area contributed by atoms with E-state index in [0.717, 1.165) is 36.3 Å². The Balaban J connectivity index is 1.73. The number of fused-ring (bicyclic) bond motifs is 1. The first-order valence-electron chi connectivity index (χ1n) is 7.88. The molecule has 0 aliphatic heterocycles. The highest BCUT2D eigenvalue weighted by Gasteiger charge is 2.53. The molecular formula is C17H23BrFN. The average Bonchev–Trinajstić information content (AvgIpc) is 3.17. The number of halogens is 2. The van der Waals surface area contributed by atoms with Gasteiger partial charge in [-0.1, -0.05) is 31.9 Å². The van der Waals surface area contributed by atoms with E-state index in [2.05, 4.69) is 28.2 Å². The maximum atomic E-state index is 13.7. The molecule has 1 aromatic rings. The Morgan fingerprint density at radius 2 is 2.00 bits per heavy atom. The molecule has 3 heteroatoms. The van der Waals surface area contributed by atoms with Gasteiger partial charge in [0.05, 0.1) is 4.47 Å². The average molecular weight is 340 g/mol. The Kier molecular flexibility index (Phi) is 4.46. The summed E-state index contributed by atoms with van der Waals surface area (Å²) in [7, 11) is 0. The second-order valence-corrected chi connectivity index (χ2v) is 7.06. The molecule has 1 aromatic carbocycles. The third kappa shape index (κ3) is 2.80. The highest BCUT2D eigenvalue weighted by atomic mass is 79.9. The molecule has 0 radical (unpaired) electrons. The molecule has 2 saturated carbocycles. The zero-order chi connectivity index (χ0) is 14.1. The lowest BCUT2D eigenvalue weighted by Gasteiger charge is -2.19. The fraction of sp³-hybridized carbons (Fsp3) is 0.647.